The lowest BCUT2D eigenvalue weighted by Crippen LogP contribution is -2.44. The quantitative estimate of drug-likeness (QED) is 0.149. The first kappa shape index (κ1) is 32.3. The number of amides is 2. The number of aromatic nitrogens is 6. The molecule has 13 nitrogen and oxygen atoms in total. The third-order valence-electron chi connectivity index (χ3n) is 9.86. The van der Waals surface area contributed by atoms with Gasteiger partial charge < -0.3 is 15.7 Å². The topological polar surface area (TPSA) is 166 Å². The number of nitrogens with two attached hydrogens (primary N) is 1. The molecule has 1 unspecified atom stereocenters. The van der Waals surface area contributed by atoms with E-state index in [-0.39, 0.29) is 23.8 Å². The number of likely N-dealkylation sites (tertiary alicyclic amines) is 1. The number of aromatic hydroxyl groups is 1. The standard InChI is InChI=1S/C36H41N9O4/c1-42-31-17-23(11-12-29(31)45(36(42)49)30-13-14-33(47)39-35(30)48)7-4-5-15-43-16-6-8-24(20-43)21-44-22-25(19-38-44)27-18-28(40-41-34(27)37)26-9-2-3-10-32(26)46/h2-3,9-12,17-19,22,24,30,46H,4-8,13-16,20-21H2,1H3,(H2,37,41)(H,39,47,48)/t24-,30?/m1/s1. The predicted molar refractivity (Wildman–Crippen MR) is 185 cm³/mol. The minimum Gasteiger partial charge on any atom is -0.507 e. The number of piperidine rings is 2. The van der Waals surface area contributed by atoms with Gasteiger partial charge in [0.25, 0.3) is 0 Å². The maximum atomic E-state index is 13.1. The van der Waals surface area contributed by atoms with Crippen molar-refractivity contribution in [1.82, 2.24) is 39.3 Å². The van der Waals surface area contributed by atoms with Gasteiger partial charge in [-0.2, -0.15) is 5.10 Å². The lowest BCUT2D eigenvalue weighted by molar-refractivity contribution is -0.135. The Kier molecular flexibility index (Phi) is 9.00. The van der Waals surface area contributed by atoms with Gasteiger partial charge in [0.05, 0.1) is 22.9 Å². The fourth-order valence-corrected chi connectivity index (χ4v) is 7.28. The molecule has 2 saturated heterocycles. The van der Waals surface area contributed by atoms with Crippen molar-refractivity contribution < 1.29 is 14.7 Å². The first-order valence-corrected chi connectivity index (χ1v) is 17.0. The molecule has 0 saturated carbocycles. The fourth-order valence-electron chi connectivity index (χ4n) is 7.28. The number of phenolic OH excluding ortho intramolecular Hbond substituents is 1. The third-order valence-corrected chi connectivity index (χ3v) is 9.86. The summed E-state index contributed by atoms with van der Waals surface area (Å²) in [5.74, 6) is 0.229. The number of carbonyl (C=O) groups is 2. The van der Waals surface area contributed by atoms with Crippen molar-refractivity contribution in [2.45, 2.75) is 57.5 Å². The summed E-state index contributed by atoms with van der Waals surface area (Å²) in [5, 5.41) is 25.6. The van der Waals surface area contributed by atoms with Gasteiger partial charge in [0.15, 0.2) is 5.82 Å². The summed E-state index contributed by atoms with van der Waals surface area (Å²) in [4.78, 5) is 39.8. The molecule has 4 N–H and O–H groups in total. The Morgan fingerprint density at radius 2 is 1.86 bits per heavy atom. The lowest BCUT2D eigenvalue weighted by Gasteiger charge is -2.32. The van der Waals surface area contributed by atoms with Gasteiger partial charge in [-0.15, -0.1) is 10.2 Å². The van der Waals surface area contributed by atoms with Crippen molar-refractivity contribution in [3.05, 3.63) is 77.0 Å². The number of nitrogens with zero attached hydrogens (tertiary/aromatic N) is 7. The molecule has 13 heteroatoms. The van der Waals surface area contributed by atoms with E-state index in [0.29, 0.717) is 34.9 Å². The summed E-state index contributed by atoms with van der Waals surface area (Å²) in [6.45, 7) is 3.96. The van der Waals surface area contributed by atoms with Gasteiger partial charge in [-0.25, -0.2) is 4.79 Å². The average Bonchev–Trinajstić information content (AvgIpc) is 3.65. The molecule has 0 aliphatic carbocycles. The molecule has 2 amide bonds. The number of hydrogen-bond acceptors (Lipinski definition) is 9. The van der Waals surface area contributed by atoms with Gasteiger partial charge in [-0.05, 0) is 93.4 Å². The maximum Gasteiger partial charge on any atom is 0.329 e. The molecule has 0 spiro atoms. The van der Waals surface area contributed by atoms with Gasteiger partial charge in [-0.1, -0.05) is 18.2 Å². The number of phenols is 1. The van der Waals surface area contributed by atoms with Crippen LogP contribution in [-0.2, 0) is 29.6 Å². The predicted octanol–water partition coefficient (Wildman–Crippen LogP) is 3.66. The summed E-state index contributed by atoms with van der Waals surface area (Å²) < 4.78 is 5.10. The monoisotopic (exact) mass is 663 g/mol. The number of unbranched alkanes of at least 4 members (excludes halogenated alkanes) is 1. The van der Waals surface area contributed by atoms with E-state index in [0.717, 1.165) is 80.5 Å². The molecular weight excluding hydrogens is 622 g/mol. The minimum absolute atomic E-state index is 0.138. The molecule has 3 aromatic heterocycles. The van der Waals surface area contributed by atoms with Crippen LogP contribution < -0.4 is 16.7 Å². The molecular formula is C36H41N9O4. The van der Waals surface area contributed by atoms with E-state index in [2.05, 4.69) is 31.6 Å². The van der Waals surface area contributed by atoms with Gasteiger partial charge in [0.1, 0.15) is 11.8 Å². The Morgan fingerprint density at radius 3 is 2.69 bits per heavy atom. The van der Waals surface area contributed by atoms with E-state index >= 15 is 0 Å². The summed E-state index contributed by atoms with van der Waals surface area (Å²) in [5.41, 5.74) is 11.4. The number of rotatable bonds is 10. The highest BCUT2D eigenvalue weighted by atomic mass is 16.3. The Hall–Kier alpha value is -5.30. The molecule has 254 valence electrons. The number of fused-ring (bicyclic) bond motifs is 1. The van der Waals surface area contributed by atoms with Crippen LogP contribution in [0, 0.1) is 5.92 Å². The molecule has 2 aliphatic rings. The number of anilines is 1. The normalized spacial score (nSPS) is 18.6. The van der Waals surface area contributed by atoms with E-state index in [9.17, 15) is 19.5 Å². The maximum absolute atomic E-state index is 13.1. The van der Waals surface area contributed by atoms with Gasteiger partial charge in [-0.3, -0.25) is 28.7 Å². The Bertz CT molecular complexity index is 2080. The molecule has 0 bridgehead atoms. The second-order valence-corrected chi connectivity index (χ2v) is 13.3. The number of nitrogen functional groups attached to an aromatic ring is 1. The minimum atomic E-state index is -0.676. The van der Waals surface area contributed by atoms with Crippen molar-refractivity contribution >= 4 is 28.7 Å². The zero-order chi connectivity index (χ0) is 34.1. The van der Waals surface area contributed by atoms with Crippen LogP contribution in [0.25, 0.3) is 33.4 Å². The van der Waals surface area contributed by atoms with Gasteiger partial charge >= 0.3 is 5.69 Å². The highest BCUT2D eigenvalue weighted by molar-refractivity contribution is 6.00. The highest BCUT2D eigenvalue weighted by Gasteiger charge is 2.31. The number of aryl methyl sites for hydroxylation is 2. The Balaban J connectivity index is 0.928. The Morgan fingerprint density at radius 1 is 1.00 bits per heavy atom. The summed E-state index contributed by atoms with van der Waals surface area (Å²) in [7, 11) is 1.73. The molecule has 0 radical (unpaired) electrons. The number of imidazole rings is 1. The molecule has 5 heterocycles. The van der Waals surface area contributed by atoms with Crippen LogP contribution in [0.5, 0.6) is 5.75 Å². The van der Waals surface area contributed by atoms with Crippen LogP contribution in [-0.4, -0.2) is 70.6 Å². The van der Waals surface area contributed by atoms with Crippen LogP contribution in [0.3, 0.4) is 0 Å². The number of hydrogen-bond donors (Lipinski definition) is 3. The van der Waals surface area contributed by atoms with Crippen molar-refractivity contribution in [1.29, 1.82) is 0 Å². The first-order valence-electron chi connectivity index (χ1n) is 17.0. The number of benzene rings is 2. The average molecular weight is 664 g/mol. The summed E-state index contributed by atoms with van der Waals surface area (Å²) in [6, 6.07) is 14.2. The molecule has 2 atom stereocenters. The molecule has 49 heavy (non-hydrogen) atoms. The van der Waals surface area contributed by atoms with Crippen molar-refractivity contribution in [3.8, 4) is 28.1 Å². The Labute approximate surface area is 283 Å². The summed E-state index contributed by atoms with van der Waals surface area (Å²) >= 11 is 0. The molecule has 2 aliphatic heterocycles. The number of nitrogens with one attached hydrogen (secondary N) is 1. The van der Waals surface area contributed by atoms with E-state index in [1.54, 1.807) is 29.8 Å². The van der Waals surface area contributed by atoms with E-state index < -0.39 is 11.9 Å². The molecule has 7 rings (SSSR count). The molecule has 5 aromatic rings. The van der Waals surface area contributed by atoms with Crippen LogP contribution in [0.1, 0.15) is 50.1 Å². The summed E-state index contributed by atoms with van der Waals surface area (Å²) in [6.07, 6.45) is 9.67. The van der Waals surface area contributed by atoms with Crippen LogP contribution in [0.15, 0.2) is 65.7 Å². The third kappa shape index (κ3) is 6.71. The van der Waals surface area contributed by atoms with Crippen LogP contribution in [0.4, 0.5) is 5.82 Å². The van der Waals surface area contributed by atoms with Crippen molar-refractivity contribution in [2.24, 2.45) is 13.0 Å². The highest BCUT2D eigenvalue weighted by Crippen LogP contribution is 2.32. The van der Waals surface area contributed by atoms with E-state index in [1.807, 2.05) is 41.3 Å². The van der Waals surface area contributed by atoms with Crippen molar-refractivity contribution in [2.75, 3.05) is 25.4 Å². The fraction of sp³-hybridized carbons (Fsp3) is 0.389. The second-order valence-electron chi connectivity index (χ2n) is 13.3. The van der Waals surface area contributed by atoms with Gasteiger partial charge in [0, 0.05) is 49.4 Å². The number of para-hydroxylation sites is 1. The lowest BCUT2D eigenvalue weighted by atomic mass is 9.97. The van der Waals surface area contributed by atoms with Crippen LogP contribution >= 0.6 is 0 Å². The number of imide groups is 1. The van der Waals surface area contributed by atoms with Crippen molar-refractivity contribution in [3.63, 3.8) is 0 Å². The zero-order valence-corrected chi connectivity index (χ0v) is 27.6. The van der Waals surface area contributed by atoms with E-state index in [4.69, 9.17) is 5.73 Å². The van der Waals surface area contributed by atoms with Crippen LogP contribution in [0.2, 0.25) is 0 Å². The number of carbonyl (C=O) groups excluding carboxylic acids is 2. The largest absolute Gasteiger partial charge is 0.507 e. The second kappa shape index (κ2) is 13.7. The zero-order valence-electron chi connectivity index (χ0n) is 27.6. The first-order chi connectivity index (χ1) is 23.7. The SMILES string of the molecule is Cn1c(=O)n(C2CCC(=O)NC2=O)c2ccc(CCCCN3CCC[C@@H](Cn4cc(-c5cc(-c6ccccc6O)nnc5N)cn4)C3)cc21. The molecule has 2 aromatic carbocycles. The van der Waals surface area contributed by atoms with E-state index in [1.165, 1.54) is 4.57 Å². The molecule has 2 fully saturated rings. The smallest absolute Gasteiger partial charge is 0.329 e. The van der Waals surface area contributed by atoms with Gasteiger partial charge in [0.2, 0.25) is 11.8 Å².